The number of piperidine rings is 1. The molecule has 9 heteroatoms. The normalized spacial score (nSPS) is 38.1. The van der Waals surface area contributed by atoms with Crippen LogP contribution in [-0.4, -0.2) is 59.3 Å². The minimum atomic E-state index is -0.245. The molecule has 5 rings (SSSR count). The second-order valence-corrected chi connectivity index (χ2v) is 10.2. The first-order valence-corrected chi connectivity index (χ1v) is 11.6. The second kappa shape index (κ2) is 7.67. The molecule has 1 spiro atoms. The van der Waals surface area contributed by atoms with Crippen LogP contribution in [-0.2, 0) is 4.79 Å². The standard InChI is InChI=1S/C22H36N8O/c1-12-10-15(23)22(11-12)6-8-30(9-7-22)21-26-19-17(20(31)29(21)3)18(27-28-19)14-4-5-16(24)25-13(14)2/h4-5,12,15,17-19,21,26-28H,6-11,23H2,1-3H3,(H2,24,25)/t12-,15+,17?,18?,19?,21?/m0/s1. The molecule has 0 radical (unpaired) electrons. The molecule has 3 aliphatic heterocycles. The number of nitrogen functional groups attached to an aromatic ring is 1. The highest BCUT2D eigenvalue weighted by Crippen LogP contribution is 2.48. The van der Waals surface area contributed by atoms with Gasteiger partial charge in [-0.25, -0.2) is 15.8 Å². The highest BCUT2D eigenvalue weighted by atomic mass is 16.2. The van der Waals surface area contributed by atoms with E-state index in [9.17, 15) is 4.79 Å². The zero-order valence-corrected chi connectivity index (χ0v) is 18.8. The molecule has 0 aromatic carbocycles. The van der Waals surface area contributed by atoms with Crippen molar-refractivity contribution in [1.82, 2.24) is 31.0 Å². The van der Waals surface area contributed by atoms with Crippen molar-refractivity contribution in [2.75, 3.05) is 25.9 Å². The molecule has 7 N–H and O–H groups in total. The quantitative estimate of drug-likeness (QED) is 0.454. The Hall–Kier alpha value is -1.78. The maximum Gasteiger partial charge on any atom is 0.232 e. The van der Waals surface area contributed by atoms with Gasteiger partial charge in [-0.05, 0) is 55.6 Å². The lowest BCUT2D eigenvalue weighted by molar-refractivity contribution is -0.151. The predicted octanol–water partition coefficient (Wildman–Crippen LogP) is 0.248. The van der Waals surface area contributed by atoms with Crippen molar-refractivity contribution in [3.05, 3.63) is 23.4 Å². The van der Waals surface area contributed by atoms with Crippen LogP contribution in [0.15, 0.2) is 12.1 Å². The fraction of sp³-hybridized carbons (Fsp3) is 0.727. The van der Waals surface area contributed by atoms with Crippen molar-refractivity contribution in [3.63, 3.8) is 0 Å². The fourth-order valence-corrected chi connectivity index (χ4v) is 6.55. The first kappa shape index (κ1) is 21.1. The van der Waals surface area contributed by atoms with E-state index in [1.807, 2.05) is 24.9 Å². The number of fused-ring (bicyclic) bond motifs is 1. The first-order chi connectivity index (χ1) is 14.8. The van der Waals surface area contributed by atoms with E-state index >= 15 is 0 Å². The molecule has 1 saturated carbocycles. The third-order valence-electron chi connectivity index (χ3n) is 8.26. The zero-order chi connectivity index (χ0) is 21.9. The lowest BCUT2D eigenvalue weighted by Gasteiger charge is -2.50. The predicted molar refractivity (Wildman–Crippen MR) is 119 cm³/mol. The highest BCUT2D eigenvalue weighted by molar-refractivity contribution is 5.82. The van der Waals surface area contributed by atoms with Gasteiger partial charge < -0.3 is 16.4 Å². The van der Waals surface area contributed by atoms with Crippen molar-refractivity contribution in [2.24, 2.45) is 23.0 Å². The molecule has 9 nitrogen and oxygen atoms in total. The summed E-state index contributed by atoms with van der Waals surface area (Å²) >= 11 is 0. The molecular weight excluding hydrogens is 392 g/mol. The molecule has 1 aromatic rings. The van der Waals surface area contributed by atoms with Gasteiger partial charge in [0.2, 0.25) is 5.91 Å². The van der Waals surface area contributed by atoms with Gasteiger partial charge in [-0.1, -0.05) is 13.0 Å². The monoisotopic (exact) mass is 428 g/mol. The van der Waals surface area contributed by atoms with Crippen molar-refractivity contribution < 1.29 is 4.79 Å². The number of likely N-dealkylation sites (tertiary alicyclic amines) is 1. The number of anilines is 1. The van der Waals surface area contributed by atoms with Gasteiger partial charge in [0.25, 0.3) is 0 Å². The highest BCUT2D eigenvalue weighted by Gasteiger charge is 2.52. The van der Waals surface area contributed by atoms with Crippen molar-refractivity contribution >= 4 is 11.7 Å². The van der Waals surface area contributed by atoms with Gasteiger partial charge in [-0.15, -0.1) is 0 Å². The summed E-state index contributed by atoms with van der Waals surface area (Å²) in [6.07, 6.45) is 4.34. The molecule has 0 bridgehead atoms. The number of hydrazine groups is 1. The summed E-state index contributed by atoms with van der Waals surface area (Å²) in [5, 5.41) is 3.68. The number of carbonyl (C=O) groups is 1. The van der Waals surface area contributed by atoms with E-state index < -0.39 is 0 Å². The van der Waals surface area contributed by atoms with Crippen LogP contribution in [0.25, 0.3) is 0 Å². The third kappa shape index (κ3) is 3.43. The summed E-state index contributed by atoms with van der Waals surface area (Å²) in [5.41, 5.74) is 21.1. The van der Waals surface area contributed by atoms with Gasteiger partial charge in [0.15, 0.2) is 0 Å². The molecule has 170 valence electrons. The summed E-state index contributed by atoms with van der Waals surface area (Å²) in [6, 6.07) is 3.92. The number of nitrogens with one attached hydrogen (secondary N) is 3. The summed E-state index contributed by atoms with van der Waals surface area (Å²) in [6.45, 7) is 6.19. The Morgan fingerprint density at radius 3 is 2.61 bits per heavy atom. The lowest BCUT2D eigenvalue weighted by atomic mass is 9.74. The van der Waals surface area contributed by atoms with Crippen LogP contribution in [0.5, 0.6) is 0 Å². The number of rotatable bonds is 2. The van der Waals surface area contributed by atoms with Crippen LogP contribution >= 0.6 is 0 Å². The topological polar surface area (TPSA) is 125 Å². The van der Waals surface area contributed by atoms with Crippen molar-refractivity contribution in [3.8, 4) is 0 Å². The molecule has 3 saturated heterocycles. The van der Waals surface area contributed by atoms with E-state index in [0.29, 0.717) is 11.9 Å². The summed E-state index contributed by atoms with van der Waals surface area (Å²) in [5.74, 6) is 1.11. The van der Waals surface area contributed by atoms with Crippen LogP contribution in [0.2, 0.25) is 0 Å². The molecule has 1 amide bonds. The summed E-state index contributed by atoms with van der Waals surface area (Å²) in [7, 11) is 1.91. The summed E-state index contributed by atoms with van der Waals surface area (Å²) in [4.78, 5) is 22.1. The van der Waals surface area contributed by atoms with Crippen LogP contribution in [0.1, 0.15) is 49.9 Å². The van der Waals surface area contributed by atoms with Crippen LogP contribution in [0, 0.1) is 24.2 Å². The number of aryl methyl sites for hydroxylation is 1. The molecule has 4 heterocycles. The van der Waals surface area contributed by atoms with Gasteiger partial charge in [0.1, 0.15) is 12.1 Å². The third-order valence-corrected chi connectivity index (χ3v) is 8.26. The van der Waals surface area contributed by atoms with Crippen molar-refractivity contribution in [2.45, 2.75) is 64.1 Å². The van der Waals surface area contributed by atoms with Gasteiger partial charge in [0.05, 0.1) is 18.1 Å². The smallest absolute Gasteiger partial charge is 0.232 e. The summed E-state index contributed by atoms with van der Waals surface area (Å²) < 4.78 is 0. The fourth-order valence-electron chi connectivity index (χ4n) is 6.55. The average molecular weight is 429 g/mol. The maximum absolute atomic E-state index is 13.5. The Morgan fingerprint density at radius 2 is 1.97 bits per heavy atom. The Labute approximate surface area is 184 Å². The molecule has 4 unspecified atom stereocenters. The second-order valence-electron chi connectivity index (χ2n) is 10.2. The van der Waals surface area contributed by atoms with E-state index in [1.165, 1.54) is 6.42 Å². The largest absolute Gasteiger partial charge is 0.384 e. The Bertz CT molecular complexity index is 854. The molecule has 1 aliphatic carbocycles. The molecule has 4 aliphatic rings. The first-order valence-electron chi connectivity index (χ1n) is 11.6. The van der Waals surface area contributed by atoms with E-state index in [2.05, 4.69) is 33.0 Å². The molecule has 4 fully saturated rings. The van der Waals surface area contributed by atoms with E-state index in [4.69, 9.17) is 11.5 Å². The van der Waals surface area contributed by atoms with Gasteiger partial charge >= 0.3 is 0 Å². The Morgan fingerprint density at radius 1 is 1.23 bits per heavy atom. The number of aromatic nitrogens is 1. The number of hydrogen-bond acceptors (Lipinski definition) is 8. The molecular formula is C22H36N8O. The number of nitrogens with zero attached hydrogens (tertiary/aromatic N) is 3. The van der Waals surface area contributed by atoms with Gasteiger partial charge in [-0.3, -0.25) is 15.0 Å². The van der Waals surface area contributed by atoms with Crippen LogP contribution < -0.4 is 27.6 Å². The Balaban J connectivity index is 1.29. The van der Waals surface area contributed by atoms with Crippen LogP contribution in [0.4, 0.5) is 5.82 Å². The number of pyridine rings is 1. The minimum Gasteiger partial charge on any atom is -0.384 e. The number of nitrogens with two attached hydrogens (primary N) is 2. The molecule has 6 atom stereocenters. The lowest BCUT2D eigenvalue weighted by Crippen LogP contribution is -2.70. The van der Waals surface area contributed by atoms with E-state index in [1.54, 1.807) is 6.07 Å². The molecule has 31 heavy (non-hydrogen) atoms. The number of amides is 1. The van der Waals surface area contributed by atoms with Crippen molar-refractivity contribution in [1.29, 1.82) is 0 Å². The molecule has 1 aromatic heterocycles. The zero-order valence-electron chi connectivity index (χ0n) is 18.8. The van der Waals surface area contributed by atoms with Crippen LogP contribution in [0.3, 0.4) is 0 Å². The average Bonchev–Trinajstić information content (AvgIpc) is 3.26. The number of hydrogen-bond donors (Lipinski definition) is 5. The van der Waals surface area contributed by atoms with E-state index in [-0.39, 0.29) is 35.7 Å². The SMILES string of the molecule is Cc1nc(N)ccc1C1NNC2NC(N3CCC4(CC3)C[C@@H](C)C[C@H]4N)N(C)C(=O)C21. The maximum atomic E-state index is 13.5. The Kier molecular flexibility index (Phi) is 5.22. The van der Waals surface area contributed by atoms with Gasteiger partial charge in [-0.2, -0.15) is 0 Å². The van der Waals surface area contributed by atoms with E-state index in [0.717, 1.165) is 49.5 Å². The number of carbonyl (C=O) groups excluding carboxylic acids is 1. The van der Waals surface area contributed by atoms with Gasteiger partial charge in [0, 0.05) is 31.9 Å². The minimum absolute atomic E-state index is 0.111.